The van der Waals surface area contributed by atoms with Gasteiger partial charge < -0.3 is 15.5 Å². The Hall–Kier alpha value is -1.69. The largest absolute Gasteiger partial charge is 0.365 e. The third-order valence-corrected chi connectivity index (χ3v) is 4.17. The lowest BCUT2D eigenvalue weighted by molar-refractivity contribution is -0.123. The molecule has 3 rings (SSSR count). The van der Waals surface area contributed by atoms with Crippen molar-refractivity contribution >= 4 is 11.6 Å². The number of halogens is 2. The Kier molecular flexibility index (Phi) is 4.05. The summed E-state index contributed by atoms with van der Waals surface area (Å²) in [6.07, 6.45) is 2.56. The maximum Gasteiger partial charge on any atom is 0.237 e. The van der Waals surface area contributed by atoms with Gasteiger partial charge in [-0.3, -0.25) is 4.79 Å². The van der Waals surface area contributed by atoms with E-state index < -0.39 is 11.6 Å². The third-order valence-electron chi connectivity index (χ3n) is 4.17. The zero-order chi connectivity index (χ0) is 14.8. The highest BCUT2D eigenvalue weighted by atomic mass is 19.1. The van der Waals surface area contributed by atoms with Gasteiger partial charge in [0.15, 0.2) is 0 Å². The summed E-state index contributed by atoms with van der Waals surface area (Å²) in [6.45, 7) is 1.85. The van der Waals surface area contributed by atoms with Crippen molar-refractivity contribution < 1.29 is 13.6 Å². The summed E-state index contributed by atoms with van der Waals surface area (Å²) < 4.78 is 27.5. The monoisotopic (exact) mass is 295 g/mol. The Bertz CT molecular complexity index is 511. The highest BCUT2D eigenvalue weighted by Crippen LogP contribution is 2.26. The van der Waals surface area contributed by atoms with Gasteiger partial charge >= 0.3 is 0 Å². The van der Waals surface area contributed by atoms with Crippen molar-refractivity contribution in [3.05, 3.63) is 29.8 Å². The number of nitrogens with zero attached hydrogens (tertiary/aromatic N) is 1. The molecule has 2 aliphatic rings. The SMILES string of the molecule is O=C(NC1CCN(c2c(F)cccc2F)C1)[C@@H]1CCCN1. The van der Waals surface area contributed by atoms with Gasteiger partial charge in [0.05, 0.1) is 6.04 Å². The van der Waals surface area contributed by atoms with Crippen LogP contribution in [-0.4, -0.2) is 37.6 Å². The first-order valence-electron chi connectivity index (χ1n) is 7.38. The highest BCUT2D eigenvalue weighted by Gasteiger charge is 2.30. The van der Waals surface area contributed by atoms with E-state index in [9.17, 15) is 13.6 Å². The average Bonchev–Trinajstić information content (AvgIpc) is 3.10. The normalized spacial score (nSPS) is 25.3. The average molecular weight is 295 g/mol. The van der Waals surface area contributed by atoms with Crippen LogP contribution in [0.1, 0.15) is 19.3 Å². The van der Waals surface area contributed by atoms with E-state index in [4.69, 9.17) is 0 Å². The number of rotatable bonds is 3. The highest BCUT2D eigenvalue weighted by molar-refractivity contribution is 5.82. The molecule has 0 bridgehead atoms. The van der Waals surface area contributed by atoms with Crippen LogP contribution >= 0.6 is 0 Å². The minimum atomic E-state index is -0.556. The molecule has 2 saturated heterocycles. The molecule has 114 valence electrons. The first kappa shape index (κ1) is 14.3. The first-order chi connectivity index (χ1) is 10.1. The predicted molar refractivity (Wildman–Crippen MR) is 76.1 cm³/mol. The van der Waals surface area contributed by atoms with Gasteiger partial charge in [-0.2, -0.15) is 0 Å². The smallest absolute Gasteiger partial charge is 0.237 e. The molecule has 2 fully saturated rings. The first-order valence-corrected chi connectivity index (χ1v) is 7.38. The minimum Gasteiger partial charge on any atom is -0.365 e. The molecule has 1 amide bonds. The van der Waals surface area contributed by atoms with Crippen LogP contribution in [0.15, 0.2) is 18.2 Å². The van der Waals surface area contributed by atoms with Gasteiger partial charge in [0.25, 0.3) is 0 Å². The fourth-order valence-electron chi connectivity index (χ4n) is 3.08. The summed E-state index contributed by atoms with van der Waals surface area (Å²) >= 11 is 0. The number of hydrogen-bond donors (Lipinski definition) is 2. The van der Waals surface area contributed by atoms with E-state index >= 15 is 0 Å². The summed E-state index contributed by atoms with van der Waals surface area (Å²) in [5.74, 6) is -1.12. The molecule has 2 aliphatic heterocycles. The van der Waals surface area contributed by atoms with Crippen LogP contribution in [0.4, 0.5) is 14.5 Å². The Morgan fingerprint density at radius 3 is 2.71 bits per heavy atom. The van der Waals surface area contributed by atoms with E-state index in [2.05, 4.69) is 10.6 Å². The molecule has 0 radical (unpaired) electrons. The molecule has 1 aromatic carbocycles. The summed E-state index contributed by atoms with van der Waals surface area (Å²) in [5.41, 5.74) is 0.00763. The van der Waals surface area contributed by atoms with Crippen molar-refractivity contribution in [2.45, 2.75) is 31.3 Å². The number of nitrogens with one attached hydrogen (secondary N) is 2. The van der Waals surface area contributed by atoms with Crippen LogP contribution in [0.2, 0.25) is 0 Å². The molecule has 21 heavy (non-hydrogen) atoms. The molecule has 2 heterocycles. The molecule has 1 unspecified atom stereocenters. The van der Waals surface area contributed by atoms with Crippen LogP contribution in [-0.2, 0) is 4.79 Å². The van der Waals surface area contributed by atoms with Gasteiger partial charge in [-0.15, -0.1) is 0 Å². The van der Waals surface area contributed by atoms with Gasteiger partial charge in [-0.05, 0) is 37.9 Å². The van der Waals surface area contributed by atoms with Crippen molar-refractivity contribution in [2.24, 2.45) is 0 Å². The molecule has 6 heteroatoms. The standard InChI is InChI=1S/C15H19F2N3O/c16-11-3-1-4-12(17)14(11)20-8-6-10(9-20)19-15(21)13-5-2-7-18-13/h1,3-4,10,13,18H,2,5-9H2,(H,19,21)/t10?,13-/m0/s1. The number of para-hydroxylation sites is 1. The lowest BCUT2D eigenvalue weighted by Crippen LogP contribution is -2.46. The molecule has 0 aliphatic carbocycles. The third kappa shape index (κ3) is 3.00. The topological polar surface area (TPSA) is 44.4 Å². The number of carbonyl (C=O) groups excluding carboxylic acids is 1. The molecule has 2 N–H and O–H groups in total. The molecular formula is C15H19F2N3O. The van der Waals surface area contributed by atoms with E-state index in [0.29, 0.717) is 19.5 Å². The summed E-state index contributed by atoms with van der Waals surface area (Å²) in [5, 5.41) is 6.12. The fourth-order valence-corrected chi connectivity index (χ4v) is 3.08. The maximum atomic E-state index is 13.8. The van der Waals surface area contributed by atoms with Gasteiger partial charge in [-0.25, -0.2) is 8.78 Å². The van der Waals surface area contributed by atoms with Gasteiger partial charge in [0.1, 0.15) is 17.3 Å². The Labute approximate surface area is 122 Å². The zero-order valence-electron chi connectivity index (χ0n) is 11.7. The van der Waals surface area contributed by atoms with Crippen LogP contribution in [0, 0.1) is 11.6 Å². The Morgan fingerprint density at radius 2 is 2.05 bits per heavy atom. The van der Waals surface area contributed by atoms with Gasteiger partial charge in [0.2, 0.25) is 5.91 Å². The summed E-state index contributed by atoms with van der Waals surface area (Å²) in [4.78, 5) is 13.7. The molecule has 1 aromatic rings. The van der Waals surface area contributed by atoms with Crippen LogP contribution < -0.4 is 15.5 Å². The number of amides is 1. The second-order valence-corrected chi connectivity index (χ2v) is 5.66. The second-order valence-electron chi connectivity index (χ2n) is 5.66. The summed E-state index contributed by atoms with van der Waals surface area (Å²) in [7, 11) is 0. The minimum absolute atomic E-state index is 0.00615. The van der Waals surface area contributed by atoms with Crippen LogP contribution in [0.25, 0.3) is 0 Å². The lowest BCUT2D eigenvalue weighted by atomic mass is 10.2. The van der Waals surface area contributed by atoms with Gasteiger partial charge in [-0.1, -0.05) is 6.07 Å². The number of hydrogen-bond acceptors (Lipinski definition) is 3. The van der Waals surface area contributed by atoms with E-state index in [-0.39, 0.29) is 23.7 Å². The second kappa shape index (κ2) is 5.97. The van der Waals surface area contributed by atoms with E-state index in [0.717, 1.165) is 19.4 Å². The zero-order valence-corrected chi connectivity index (χ0v) is 11.7. The van der Waals surface area contributed by atoms with Crippen molar-refractivity contribution in [1.82, 2.24) is 10.6 Å². The summed E-state index contributed by atoms with van der Waals surface area (Å²) in [6, 6.07) is 3.69. The molecular weight excluding hydrogens is 276 g/mol. The van der Waals surface area contributed by atoms with Crippen LogP contribution in [0.3, 0.4) is 0 Å². The van der Waals surface area contributed by atoms with E-state index in [1.54, 1.807) is 4.90 Å². The molecule has 0 spiro atoms. The van der Waals surface area contributed by atoms with E-state index in [1.165, 1.54) is 18.2 Å². The van der Waals surface area contributed by atoms with Crippen LogP contribution in [0.5, 0.6) is 0 Å². The van der Waals surface area contributed by atoms with E-state index in [1.807, 2.05) is 0 Å². The van der Waals surface area contributed by atoms with Crippen molar-refractivity contribution in [3.63, 3.8) is 0 Å². The molecule has 4 nitrogen and oxygen atoms in total. The Balaban J connectivity index is 1.61. The Morgan fingerprint density at radius 1 is 1.29 bits per heavy atom. The van der Waals surface area contributed by atoms with Crippen molar-refractivity contribution in [1.29, 1.82) is 0 Å². The number of anilines is 1. The number of carbonyl (C=O) groups is 1. The molecule has 0 saturated carbocycles. The number of benzene rings is 1. The molecule has 2 atom stereocenters. The quantitative estimate of drug-likeness (QED) is 0.886. The van der Waals surface area contributed by atoms with Crippen molar-refractivity contribution in [3.8, 4) is 0 Å². The van der Waals surface area contributed by atoms with Gasteiger partial charge in [0, 0.05) is 19.1 Å². The lowest BCUT2D eigenvalue weighted by Gasteiger charge is -2.21. The molecule has 0 aromatic heterocycles. The predicted octanol–water partition coefficient (Wildman–Crippen LogP) is 1.41. The van der Waals surface area contributed by atoms with Crippen molar-refractivity contribution in [2.75, 3.05) is 24.5 Å². The fraction of sp³-hybridized carbons (Fsp3) is 0.533. The maximum absolute atomic E-state index is 13.8.